The van der Waals surface area contributed by atoms with Crippen molar-refractivity contribution in [1.82, 2.24) is 19.4 Å². The topological polar surface area (TPSA) is 97.1 Å². The molecule has 0 aliphatic carbocycles. The number of carbonyl (C=O) groups is 2. The molecule has 6 rings (SSSR count). The first-order chi connectivity index (χ1) is 17.7. The molecular weight excluding hydrogens is 452 g/mol. The maximum atomic E-state index is 13.3. The van der Waals surface area contributed by atoms with Crippen molar-refractivity contribution in [2.24, 2.45) is 5.10 Å². The van der Waals surface area contributed by atoms with Crippen LogP contribution >= 0.6 is 0 Å². The molecular formula is C28H20N6O2. The van der Waals surface area contributed by atoms with Crippen LogP contribution in [0.1, 0.15) is 26.3 Å². The lowest BCUT2D eigenvalue weighted by molar-refractivity contribution is 0.102. The van der Waals surface area contributed by atoms with Crippen molar-refractivity contribution in [1.29, 1.82) is 0 Å². The molecule has 0 spiro atoms. The third-order valence-electron chi connectivity index (χ3n) is 5.97. The Balaban J connectivity index is 1.26. The summed E-state index contributed by atoms with van der Waals surface area (Å²) in [6, 6.07) is 23.5. The number of carbonyl (C=O) groups excluding carboxylic acids is 2. The first-order valence-corrected chi connectivity index (χ1v) is 11.3. The fourth-order valence-corrected chi connectivity index (χ4v) is 4.17. The van der Waals surface area contributed by atoms with Crippen molar-refractivity contribution in [2.75, 3.05) is 5.32 Å². The number of ketones is 1. The van der Waals surface area contributed by atoms with Crippen LogP contribution in [0.2, 0.25) is 0 Å². The van der Waals surface area contributed by atoms with Gasteiger partial charge < -0.3 is 10.3 Å². The molecule has 1 amide bonds. The van der Waals surface area contributed by atoms with Crippen molar-refractivity contribution in [3.63, 3.8) is 0 Å². The number of benzene rings is 3. The van der Waals surface area contributed by atoms with Crippen molar-refractivity contribution in [3.8, 4) is 0 Å². The third kappa shape index (κ3) is 3.97. The molecule has 0 saturated heterocycles. The second kappa shape index (κ2) is 8.84. The van der Waals surface area contributed by atoms with Crippen LogP contribution in [-0.4, -0.2) is 37.5 Å². The van der Waals surface area contributed by atoms with Gasteiger partial charge in [-0.1, -0.05) is 30.3 Å². The Hall–Kier alpha value is -5.24. The van der Waals surface area contributed by atoms with Gasteiger partial charge in [0.15, 0.2) is 5.78 Å². The van der Waals surface area contributed by atoms with E-state index in [0.29, 0.717) is 22.4 Å². The number of aromatic nitrogens is 4. The van der Waals surface area contributed by atoms with Gasteiger partial charge in [0.05, 0.1) is 11.7 Å². The van der Waals surface area contributed by atoms with Crippen molar-refractivity contribution in [2.45, 2.75) is 0 Å². The van der Waals surface area contributed by atoms with Gasteiger partial charge in [-0.2, -0.15) is 10.2 Å². The second-order valence-electron chi connectivity index (χ2n) is 8.27. The highest BCUT2D eigenvalue weighted by molar-refractivity contribution is 6.14. The number of rotatable bonds is 6. The van der Waals surface area contributed by atoms with Gasteiger partial charge in [0, 0.05) is 57.3 Å². The monoisotopic (exact) mass is 472 g/mol. The smallest absolute Gasteiger partial charge is 0.256 e. The van der Waals surface area contributed by atoms with E-state index in [2.05, 4.69) is 20.5 Å². The van der Waals surface area contributed by atoms with Gasteiger partial charge in [-0.15, -0.1) is 0 Å². The molecule has 0 aliphatic heterocycles. The van der Waals surface area contributed by atoms with Gasteiger partial charge in [-0.25, -0.2) is 9.36 Å². The van der Waals surface area contributed by atoms with Crippen molar-refractivity contribution in [3.05, 3.63) is 120 Å². The zero-order valence-corrected chi connectivity index (χ0v) is 19.0. The Morgan fingerprint density at radius 3 is 2.64 bits per heavy atom. The van der Waals surface area contributed by atoms with Gasteiger partial charge in [0.1, 0.15) is 6.34 Å². The van der Waals surface area contributed by atoms with Crippen molar-refractivity contribution < 1.29 is 9.59 Å². The summed E-state index contributed by atoms with van der Waals surface area (Å²) in [7, 11) is 0. The predicted molar refractivity (Wildman–Crippen MR) is 140 cm³/mol. The average Bonchev–Trinajstić information content (AvgIpc) is 3.67. The third-order valence-corrected chi connectivity index (χ3v) is 5.97. The van der Waals surface area contributed by atoms with E-state index in [1.165, 1.54) is 0 Å². The minimum Gasteiger partial charge on any atom is -0.361 e. The molecule has 0 aliphatic rings. The van der Waals surface area contributed by atoms with E-state index in [4.69, 9.17) is 0 Å². The molecule has 0 atom stereocenters. The lowest BCUT2D eigenvalue weighted by Gasteiger charge is -2.09. The molecule has 6 aromatic rings. The van der Waals surface area contributed by atoms with Crippen LogP contribution in [0.4, 0.5) is 5.69 Å². The zero-order chi connectivity index (χ0) is 24.5. The largest absolute Gasteiger partial charge is 0.361 e. The van der Waals surface area contributed by atoms with E-state index in [9.17, 15) is 9.59 Å². The summed E-state index contributed by atoms with van der Waals surface area (Å²) in [6.07, 6.45) is 8.77. The summed E-state index contributed by atoms with van der Waals surface area (Å²) in [5, 5.41) is 13.3. The van der Waals surface area contributed by atoms with E-state index in [1.54, 1.807) is 70.6 Å². The summed E-state index contributed by atoms with van der Waals surface area (Å²) in [6.45, 7) is 0. The highest BCUT2D eigenvalue weighted by Crippen LogP contribution is 2.22. The molecule has 0 unspecified atom stereocenters. The van der Waals surface area contributed by atoms with Gasteiger partial charge >= 0.3 is 0 Å². The highest BCUT2D eigenvalue weighted by atomic mass is 16.1. The number of anilines is 1. The number of aromatic amines is 1. The van der Waals surface area contributed by atoms with Crippen LogP contribution in [0.15, 0.2) is 109 Å². The lowest BCUT2D eigenvalue weighted by atomic mass is 10.0. The first-order valence-electron chi connectivity index (χ1n) is 11.3. The van der Waals surface area contributed by atoms with Gasteiger partial charge in [-0.05, 0) is 48.5 Å². The number of hydrogen-bond acceptors (Lipinski definition) is 4. The average molecular weight is 473 g/mol. The number of fused-ring (bicyclic) bond motifs is 2. The molecule has 0 saturated carbocycles. The van der Waals surface area contributed by atoms with Crippen LogP contribution in [0, 0.1) is 0 Å². The number of hydrogen-bond donors (Lipinski definition) is 2. The predicted octanol–water partition coefficient (Wildman–Crippen LogP) is 5.14. The zero-order valence-electron chi connectivity index (χ0n) is 19.0. The fourth-order valence-electron chi connectivity index (χ4n) is 4.17. The molecule has 0 bridgehead atoms. The number of amides is 1. The van der Waals surface area contributed by atoms with Gasteiger partial charge in [-0.3, -0.25) is 9.59 Å². The van der Waals surface area contributed by atoms with Crippen LogP contribution in [0.25, 0.3) is 21.8 Å². The molecule has 3 aromatic carbocycles. The summed E-state index contributed by atoms with van der Waals surface area (Å²) in [5.41, 5.74) is 3.74. The number of H-pyrrole nitrogens is 1. The summed E-state index contributed by atoms with van der Waals surface area (Å²) in [5.74, 6) is -0.395. The van der Waals surface area contributed by atoms with Gasteiger partial charge in [0.25, 0.3) is 5.91 Å². The minimum absolute atomic E-state index is 0.157. The molecule has 0 radical (unpaired) electrons. The minimum atomic E-state index is -0.239. The van der Waals surface area contributed by atoms with Crippen LogP contribution in [0.3, 0.4) is 0 Å². The highest BCUT2D eigenvalue weighted by Gasteiger charge is 2.14. The van der Waals surface area contributed by atoms with E-state index in [-0.39, 0.29) is 11.7 Å². The molecule has 174 valence electrons. The van der Waals surface area contributed by atoms with Crippen LogP contribution in [0.5, 0.6) is 0 Å². The summed E-state index contributed by atoms with van der Waals surface area (Å²) >= 11 is 0. The Morgan fingerprint density at radius 1 is 0.917 bits per heavy atom. The number of nitrogens with zero attached hydrogens (tertiary/aromatic N) is 4. The summed E-state index contributed by atoms with van der Waals surface area (Å²) < 4.78 is 3.29. The SMILES string of the molecule is O=C(c1cccc(NC(=O)c2cccc3[nH]ccc23)c1)c1ccc2cnn(C=Nn3cccc3)c2c1. The Kier molecular flexibility index (Phi) is 5.23. The molecule has 36 heavy (non-hydrogen) atoms. The molecule has 8 heteroatoms. The maximum absolute atomic E-state index is 13.3. The molecule has 3 heterocycles. The quantitative estimate of drug-likeness (QED) is 0.199. The fraction of sp³-hybridized carbons (Fsp3) is 0. The van der Waals surface area contributed by atoms with E-state index in [0.717, 1.165) is 21.8 Å². The molecule has 2 N–H and O–H groups in total. The second-order valence-corrected chi connectivity index (χ2v) is 8.27. The standard InChI is InChI=1S/C28H20N6O2/c35-27(20-9-10-21-17-30-34(26(21)16-20)18-31-33-13-1-2-14-33)19-5-3-6-22(15-19)32-28(36)24-7-4-8-25-23(24)11-12-29-25/h1-18,29H,(H,32,36). The van der Waals surface area contributed by atoms with Gasteiger partial charge in [0.2, 0.25) is 0 Å². The lowest BCUT2D eigenvalue weighted by Crippen LogP contribution is -2.13. The van der Waals surface area contributed by atoms with Crippen LogP contribution in [-0.2, 0) is 0 Å². The van der Waals surface area contributed by atoms with E-state index >= 15 is 0 Å². The van der Waals surface area contributed by atoms with Crippen LogP contribution < -0.4 is 5.32 Å². The van der Waals surface area contributed by atoms with E-state index in [1.807, 2.05) is 48.8 Å². The molecule has 8 nitrogen and oxygen atoms in total. The summed E-state index contributed by atoms with van der Waals surface area (Å²) in [4.78, 5) is 29.4. The Bertz CT molecular complexity index is 1760. The normalized spacial score (nSPS) is 11.4. The van der Waals surface area contributed by atoms with Crippen molar-refractivity contribution >= 4 is 45.5 Å². The molecule has 0 fully saturated rings. The van der Waals surface area contributed by atoms with E-state index < -0.39 is 0 Å². The Morgan fingerprint density at radius 2 is 1.75 bits per heavy atom. The first kappa shape index (κ1) is 21.3. The molecule has 3 aromatic heterocycles. The number of nitrogens with one attached hydrogen (secondary N) is 2. The maximum Gasteiger partial charge on any atom is 0.256 e. The Labute approximate surface area is 205 Å².